The summed E-state index contributed by atoms with van der Waals surface area (Å²) in [4.78, 5) is 4.48. The number of furan rings is 1. The molecule has 0 aliphatic heterocycles. The van der Waals surface area contributed by atoms with Crippen molar-refractivity contribution in [1.82, 2.24) is 10.6 Å². The SMILES string of the molecule is CCNC(=NCc1ccco1)NCC(C)(C)SC. The van der Waals surface area contributed by atoms with Gasteiger partial charge in [0.1, 0.15) is 12.3 Å². The van der Waals surface area contributed by atoms with E-state index >= 15 is 0 Å². The lowest BCUT2D eigenvalue weighted by molar-refractivity contribution is 0.511. The third-order valence-corrected chi connectivity index (χ3v) is 3.80. The summed E-state index contributed by atoms with van der Waals surface area (Å²) in [6.45, 7) is 8.76. The van der Waals surface area contributed by atoms with E-state index in [0.717, 1.165) is 24.8 Å². The van der Waals surface area contributed by atoms with Crippen molar-refractivity contribution in [3.63, 3.8) is 0 Å². The summed E-state index contributed by atoms with van der Waals surface area (Å²) in [6.07, 6.45) is 3.79. The molecule has 0 radical (unpaired) electrons. The van der Waals surface area contributed by atoms with E-state index in [4.69, 9.17) is 4.42 Å². The second kappa shape index (κ2) is 7.36. The minimum atomic E-state index is 0.195. The van der Waals surface area contributed by atoms with E-state index in [9.17, 15) is 0 Å². The molecule has 0 bridgehead atoms. The standard InChI is InChI=1S/C13H23N3OS/c1-5-14-12(16-10-13(2,3)18-4)15-9-11-7-6-8-17-11/h6-8H,5,9-10H2,1-4H3,(H2,14,15,16). The zero-order chi connectivity index (χ0) is 13.4. The fourth-order valence-electron chi connectivity index (χ4n) is 1.27. The van der Waals surface area contributed by atoms with Gasteiger partial charge in [0.05, 0.1) is 6.26 Å². The number of hydrogen-bond acceptors (Lipinski definition) is 3. The van der Waals surface area contributed by atoms with Crippen molar-refractivity contribution >= 4 is 17.7 Å². The zero-order valence-corrected chi connectivity index (χ0v) is 12.4. The van der Waals surface area contributed by atoms with Gasteiger partial charge in [0.15, 0.2) is 5.96 Å². The van der Waals surface area contributed by atoms with Gasteiger partial charge in [0, 0.05) is 17.8 Å². The molecule has 0 amide bonds. The Balaban J connectivity index is 2.51. The molecule has 102 valence electrons. The van der Waals surface area contributed by atoms with E-state index in [1.807, 2.05) is 23.9 Å². The van der Waals surface area contributed by atoms with Gasteiger partial charge < -0.3 is 15.1 Å². The molecule has 1 aromatic heterocycles. The molecule has 0 aromatic carbocycles. The van der Waals surface area contributed by atoms with Crippen LogP contribution in [0.15, 0.2) is 27.8 Å². The van der Waals surface area contributed by atoms with Crippen LogP contribution in [-0.2, 0) is 6.54 Å². The van der Waals surface area contributed by atoms with E-state index in [0.29, 0.717) is 6.54 Å². The Hall–Kier alpha value is -1.10. The van der Waals surface area contributed by atoms with E-state index in [-0.39, 0.29) is 4.75 Å². The maximum Gasteiger partial charge on any atom is 0.191 e. The number of thioether (sulfide) groups is 1. The van der Waals surface area contributed by atoms with Crippen LogP contribution in [0.4, 0.5) is 0 Å². The van der Waals surface area contributed by atoms with Crippen molar-refractivity contribution < 1.29 is 4.42 Å². The second-order valence-corrected chi connectivity index (χ2v) is 6.11. The molecule has 0 unspecified atom stereocenters. The quantitative estimate of drug-likeness (QED) is 0.615. The first kappa shape index (κ1) is 15.0. The Kier molecular flexibility index (Phi) is 6.12. The lowest BCUT2D eigenvalue weighted by Crippen LogP contribution is -2.43. The average molecular weight is 269 g/mol. The Labute approximate surface area is 114 Å². The number of guanidine groups is 1. The van der Waals surface area contributed by atoms with E-state index < -0.39 is 0 Å². The summed E-state index contributed by atoms with van der Waals surface area (Å²) >= 11 is 1.84. The predicted molar refractivity (Wildman–Crippen MR) is 79.1 cm³/mol. The molecule has 0 aliphatic carbocycles. The first-order valence-corrected chi connectivity index (χ1v) is 7.39. The maximum atomic E-state index is 5.26. The van der Waals surface area contributed by atoms with Crippen LogP contribution in [0, 0.1) is 0 Å². The lowest BCUT2D eigenvalue weighted by Gasteiger charge is -2.23. The third kappa shape index (κ3) is 5.49. The van der Waals surface area contributed by atoms with Gasteiger partial charge in [-0.2, -0.15) is 11.8 Å². The van der Waals surface area contributed by atoms with Crippen molar-refractivity contribution in [3.05, 3.63) is 24.2 Å². The molecule has 0 saturated carbocycles. The molecule has 5 heteroatoms. The van der Waals surface area contributed by atoms with Crippen molar-refractivity contribution in [3.8, 4) is 0 Å². The van der Waals surface area contributed by atoms with Crippen molar-refractivity contribution in [2.24, 2.45) is 4.99 Å². The molecular weight excluding hydrogens is 246 g/mol. The lowest BCUT2D eigenvalue weighted by atomic mass is 10.2. The van der Waals surface area contributed by atoms with E-state index in [1.54, 1.807) is 6.26 Å². The molecule has 0 saturated heterocycles. The summed E-state index contributed by atoms with van der Waals surface area (Å²) in [6, 6.07) is 3.81. The van der Waals surface area contributed by atoms with Crippen LogP contribution in [0.3, 0.4) is 0 Å². The number of hydrogen-bond donors (Lipinski definition) is 2. The fraction of sp³-hybridized carbons (Fsp3) is 0.615. The minimum Gasteiger partial charge on any atom is -0.467 e. The van der Waals surface area contributed by atoms with Gasteiger partial charge in [-0.15, -0.1) is 0 Å². The summed E-state index contributed by atoms with van der Waals surface area (Å²) < 4.78 is 5.46. The highest BCUT2D eigenvalue weighted by molar-refractivity contribution is 7.99. The number of aliphatic imine (C=N–C) groups is 1. The van der Waals surface area contributed by atoms with E-state index in [1.165, 1.54) is 0 Å². The highest BCUT2D eigenvalue weighted by atomic mass is 32.2. The van der Waals surface area contributed by atoms with Gasteiger partial charge in [0.2, 0.25) is 0 Å². The van der Waals surface area contributed by atoms with Crippen molar-refractivity contribution in [1.29, 1.82) is 0 Å². The molecule has 0 atom stereocenters. The van der Waals surface area contributed by atoms with Crippen LogP contribution in [0.5, 0.6) is 0 Å². The number of nitrogens with zero attached hydrogens (tertiary/aromatic N) is 1. The second-order valence-electron chi connectivity index (χ2n) is 4.59. The van der Waals surface area contributed by atoms with Crippen LogP contribution in [0.2, 0.25) is 0 Å². The third-order valence-electron chi connectivity index (χ3n) is 2.55. The average Bonchev–Trinajstić information content (AvgIpc) is 2.86. The van der Waals surface area contributed by atoms with Gasteiger partial charge in [-0.1, -0.05) is 0 Å². The van der Waals surface area contributed by atoms with Gasteiger partial charge in [0.25, 0.3) is 0 Å². The largest absolute Gasteiger partial charge is 0.467 e. The number of nitrogens with one attached hydrogen (secondary N) is 2. The minimum absolute atomic E-state index is 0.195. The first-order chi connectivity index (χ1) is 8.57. The summed E-state index contributed by atoms with van der Waals surface area (Å²) in [7, 11) is 0. The van der Waals surface area contributed by atoms with Gasteiger partial charge >= 0.3 is 0 Å². The first-order valence-electron chi connectivity index (χ1n) is 6.17. The van der Waals surface area contributed by atoms with Gasteiger partial charge in [-0.25, -0.2) is 4.99 Å². The highest BCUT2D eigenvalue weighted by Crippen LogP contribution is 2.19. The maximum absolute atomic E-state index is 5.26. The van der Waals surface area contributed by atoms with Crippen LogP contribution >= 0.6 is 11.8 Å². The van der Waals surface area contributed by atoms with Gasteiger partial charge in [-0.3, -0.25) is 0 Å². The molecule has 1 heterocycles. The van der Waals surface area contributed by atoms with Crippen LogP contribution in [0.25, 0.3) is 0 Å². The topological polar surface area (TPSA) is 49.6 Å². The number of rotatable bonds is 6. The summed E-state index contributed by atoms with van der Waals surface area (Å²) in [5.41, 5.74) is 0. The molecule has 0 spiro atoms. The normalized spacial score (nSPS) is 12.6. The van der Waals surface area contributed by atoms with Crippen LogP contribution < -0.4 is 10.6 Å². The Bertz CT molecular complexity index is 360. The highest BCUT2D eigenvalue weighted by Gasteiger charge is 2.15. The summed E-state index contributed by atoms with van der Waals surface area (Å²) in [5.74, 6) is 1.70. The van der Waals surface area contributed by atoms with Crippen molar-refractivity contribution in [2.75, 3.05) is 19.3 Å². The molecule has 2 N–H and O–H groups in total. The molecule has 0 fully saturated rings. The predicted octanol–water partition coefficient (Wildman–Crippen LogP) is 2.48. The molecule has 4 nitrogen and oxygen atoms in total. The van der Waals surface area contributed by atoms with Crippen LogP contribution in [-0.4, -0.2) is 30.1 Å². The molecule has 0 aliphatic rings. The van der Waals surface area contributed by atoms with Gasteiger partial charge in [-0.05, 0) is 39.2 Å². The molecule has 18 heavy (non-hydrogen) atoms. The monoisotopic (exact) mass is 269 g/mol. The van der Waals surface area contributed by atoms with Crippen LogP contribution in [0.1, 0.15) is 26.5 Å². The Morgan fingerprint density at radius 1 is 1.44 bits per heavy atom. The summed E-state index contributed by atoms with van der Waals surface area (Å²) in [5, 5.41) is 6.58. The Morgan fingerprint density at radius 2 is 2.22 bits per heavy atom. The zero-order valence-electron chi connectivity index (χ0n) is 11.6. The Morgan fingerprint density at radius 3 is 2.78 bits per heavy atom. The van der Waals surface area contributed by atoms with E-state index in [2.05, 4.69) is 42.7 Å². The smallest absolute Gasteiger partial charge is 0.191 e. The molecule has 1 rings (SSSR count). The molecular formula is C13H23N3OS. The van der Waals surface area contributed by atoms with Crippen molar-refractivity contribution in [2.45, 2.75) is 32.1 Å². The fourth-order valence-corrected chi connectivity index (χ4v) is 1.49. The molecule has 1 aromatic rings.